The van der Waals surface area contributed by atoms with Crippen molar-refractivity contribution in [2.24, 2.45) is 0 Å². The molecule has 0 bridgehead atoms. The van der Waals surface area contributed by atoms with Crippen LogP contribution >= 0.6 is 22.9 Å². The van der Waals surface area contributed by atoms with Crippen LogP contribution in [-0.4, -0.2) is 18.4 Å². The van der Waals surface area contributed by atoms with E-state index < -0.39 is 0 Å². The van der Waals surface area contributed by atoms with Crippen LogP contribution in [-0.2, 0) is 0 Å². The number of carbonyl (C=O) groups excluding carboxylic acids is 1. The van der Waals surface area contributed by atoms with Gasteiger partial charge in [0.1, 0.15) is 5.75 Å². The summed E-state index contributed by atoms with van der Waals surface area (Å²) in [6, 6.07) is 5.35. The Balaban J connectivity index is 2.43. The van der Waals surface area contributed by atoms with Crippen molar-refractivity contribution in [1.29, 1.82) is 0 Å². The highest BCUT2D eigenvalue weighted by Gasteiger charge is 2.08. The van der Waals surface area contributed by atoms with Crippen molar-refractivity contribution >= 4 is 29.2 Å². The zero-order valence-electron chi connectivity index (χ0n) is 8.44. The van der Waals surface area contributed by atoms with Crippen molar-refractivity contribution in [3.05, 3.63) is 33.6 Å². The van der Waals surface area contributed by atoms with Gasteiger partial charge < -0.3 is 4.74 Å². The van der Waals surface area contributed by atoms with Crippen LogP contribution in [0.1, 0.15) is 9.80 Å². The van der Waals surface area contributed by atoms with E-state index >= 15 is 0 Å². The number of carbonyl (C=O) groups is 1. The Labute approximate surface area is 102 Å². The van der Waals surface area contributed by atoms with Gasteiger partial charge in [-0.05, 0) is 18.2 Å². The number of rotatable bonds is 3. The Kier molecular flexibility index (Phi) is 3.22. The van der Waals surface area contributed by atoms with Crippen LogP contribution in [0.3, 0.4) is 0 Å². The van der Waals surface area contributed by atoms with E-state index in [1.165, 1.54) is 11.3 Å². The second-order valence-corrected chi connectivity index (χ2v) is 4.33. The van der Waals surface area contributed by atoms with E-state index in [1.54, 1.807) is 24.6 Å². The molecule has 16 heavy (non-hydrogen) atoms. The lowest BCUT2D eigenvalue weighted by Crippen LogP contribution is -1.85. The van der Waals surface area contributed by atoms with E-state index in [9.17, 15) is 4.79 Å². The highest BCUT2D eigenvalue weighted by molar-refractivity contribution is 7.11. The van der Waals surface area contributed by atoms with Gasteiger partial charge in [0.25, 0.3) is 0 Å². The molecule has 82 valence electrons. The zero-order chi connectivity index (χ0) is 11.5. The molecule has 0 atom stereocenters. The van der Waals surface area contributed by atoms with E-state index in [0.717, 1.165) is 11.8 Å². The molecule has 3 nitrogen and oxygen atoms in total. The third kappa shape index (κ3) is 2.08. The fraction of sp³-hybridized carbons (Fsp3) is 0.0909. The molecular formula is C11H8ClNO2S. The molecule has 2 aromatic rings. The molecule has 0 aliphatic heterocycles. The number of thiazole rings is 1. The second kappa shape index (κ2) is 4.63. The molecule has 5 heteroatoms. The number of halogens is 1. The number of methoxy groups -OCH3 is 1. The number of hydrogen-bond donors (Lipinski definition) is 0. The van der Waals surface area contributed by atoms with Gasteiger partial charge in [0.15, 0.2) is 11.3 Å². The summed E-state index contributed by atoms with van der Waals surface area (Å²) in [6.07, 6.45) is 0.728. The summed E-state index contributed by atoms with van der Waals surface area (Å²) >= 11 is 7.39. The third-order valence-corrected chi connectivity index (χ3v) is 3.16. The molecule has 0 fully saturated rings. The molecule has 0 saturated heterocycles. The maximum atomic E-state index is 10.5. The Morgan fingerprint density at radius 1 is 1.50 bits per heavy atom. The van der Waals surface area contributed by atoms with Crippen LogP contribution in [0.2, 0.25) is 5.02 Å². The van der Waals surface area contributed by atoms with E-state index in [-0.39, 0.29) is 0 Å². The fourth-order valence-corrected chi connectivity index (χ4v) is 2.18. The SMILES string of the molecule is COc1ccc(-c2csc(C=O)n2)c(Cl)c1. The number of hydrogen-bond acceptors (Lipinski definition) is 4. The zero-order valence-corrected chi connectivity index (χ0v) is 10.0. The van der Waals surface area contributed by atoms with E-state index in [0.29, 0.717) is 21.5 Å². The topological polar surface area (TPSA) is 39.2 Å². The molecule has 1 aromatic carbocycles. The molecule has 0 saturated carbocycles. The van der Waals surface area contributed by atoms with Crippen LogP contribution in [0.25, 0.3) is 11.3 Å². The highest BCUT2D eigenvalue weighted by Crippen LogP contribution is 2.31. The van der Waals surface area contributed by atoms with Crippen molar-refractivity contribution in [1.82, 2.24) is 4.98 Å². The molecule has 2 rings (SSSR count). The molecule has 0 aliphatic carbocycles. The monoisotopic (exact) mass is 253 g/mol. The minimum absolute atomic E-state index is 0.446. The lowest BCUT2D eigenvalue weighted by atomic mass is 10.1. The van der Waals surface area contributed by atoms with Gasteiger partial charge in [-0.2, -0.15) is 0 Å². The summed E-state index contributed by atoms with van der Waals surface area (Å²) in [4.78, 5) is 14.7. The first-order valence-electron chi connectivity index (χ1n) is 4.49. The van der Waals surface area contributed by atoms with E-state index in [2.05, 4.69) is 4.98 Å². The van der Waals surface area contributed by atoms with Crippen molar-refractivity contribution in [2.45, 2.75) is 0 Å². The van der Waals surface area contributed by atoms with Crippen LogP contribution in [0, 0.1) is 0 Å². The van der Waals surface area contributed by atoms with Crippen LogP contribution in [0.15, 0.2) is 23.6 Å². The number of ether oxygens (including phenoxy) is 1. The Morgan fingerprint density at radius 2 is 2.31 bits per heavy atom. The Bertz CT molecular complexity index is 524. The van der Waals surface area contributed by atoms with Gasteiger partial charge in [0, 0.05) is 10.9 Å². The van der Waals surface area contributed by atoms with E-state index in [1.807, 2.05) is 6.07 Å². The summed E-state index contributed by atoms with van der Waals surface area (Å²) < 4.78 is 5.05. The molecule has 1 aromatic heterocycles. The minimum atomic E-state index is 0.446. The van der Waals surface area contributed by atoms with Gasteiger partial charge in [0.05, 0.1) is 17.8 Å². The Hall–Kier alpha value is -1.39. The molecule has 0 aliphatic rings. The summed E-state index contributed by atoms with van der Waals surface area (Å²) in [7, 11) is 1.58. The summed E-state index contributed by atoms with van der Waals surface area (Å²) in [5, 5.41) is 2.81. The van der Waals surface area contributed by atoms with Gasteiger partial charge in [-0.15, -0.1) is 11.3 Å². The standard InChI is InChI=1S/C11H8ClNO2S/c1-15-7-2-3-8(9(12)4-7)10-6-16-11(5-14)13-10/h2-6H,1H3. The number of aromatic nitrogens is 1. The van der Waals surface area contributed by atoms with Gasteiger partial charge in [-0.3, -0.25) is 4.79 Å². The first kappa shape index (κ1) is 11.1. The van der Waals surface area contributed by atoms with Crippen molar-refractivity contribution in [2.75, 3.05) is 7.11 Å². The molecule has 0 radical (unpaired) electrons. The van der Waals surface area contributed by atoms with Crippen molar-refractivity contribution < 1.29 is 9.53 Å². The lowest BCUT2D eigenvalue weighted by Gasteiger charge is -2.03. The van der Waals surface area contributed by atoms with Crippen LogP contribution < -0.4 is 4.74 Å². The summed E-state index contributed by atoms with van der Waals surface area (Å²) in [6.45, 7) is 0. The van der Waals surface area contributed by atoms with Crippen molar-refractivity contribution in [3.8, 4) is 17.0 Å². The average Bonchev–Trinajstić information content (AvgIpc) is 2.77. The number of nitrogens with zero attached hydrogens (tertiary/aromatic N) is 1. The predicted molar refractivity (Wildman–Crippen MR) is 64.5 cm³/mol. The maximum Gasteiger partial charge on any atom is 0.178 e. The predicted octanol–water partition coefficient (Wildman–Crippen LogP) is 3.28. The first-order valence-corrected chi connectivity index (χ1v) is 5.75. The smallest absolute Gasteiger partial charge is 0.178 e. The molecular weight excluding hydrogens is 246 g/mol. The Morgan fingerprint density at radius 3 is 2.88 bits per heavy atom. The molecule has 0 N–H and O–H groups in total. The lowest BCUT2D eigenvalue weighted by molar-refractivity contribution is 0.112. The average molecular weight is 254 g/mol. The fourth-order valence-electron chi connectivity index (χ4n) is 1.30. The maximum absolute atomic E-state index is 10.5. The second-order valence-electron chi connectivity index (χ2n) is 3.03. The highest BCUT2D eigenvalue weighted by atomic mass is 35.5. The van der Waals surface area contributed by atoms with Gasteiger partial charge in [0.2, 0.25) is 0 Å². The number of aldehydes is 1. The molecule has 1 heterocycles. The molecule has 0 amide bonds. The van der Waals surface area contributed by atoms with Gasteiger partial charge in [-0.1, -0.05) is 11.6 Å². The first-order chi connectivity index (χ1) is 7.74. The quantitative estimate of drug-likeness (QED) is 0.788. The molecule has 0 unspecified atom stereocenters. The third-order valence-electron chi connectivity index (χ3n) is 2.07. The number of benzene rings is 1. The summed E-state index contributed by atoms with van der Waals surface area (Å²) in [5.41, 5.74) is 1.51. The summed E-state index contributed by atoms with van der Waals surface area (Å²) in [5.74, 6) is 0.694. The van der Waals surface area contributed by atoms with Crippen LogP contribution in [0.5, 0.6) is 5.75 Å². The van der Waals surface area contributed by atoms with Crippen molar-refractivity contribution in [3.63, 3.8) is 0 Å². The van der Waals surface area contributed by atoms with Crippen LogP contribution in [0.4, 0.5) is 0 Å². The minimum Gasteiger partial charge on any atom is -0.497 e. The van der Waals surface area contributed by atoms with Gasteiger partial charge in [-0.25, -0.2) is 4.98 Å². The normalized spacial score (nSPS) is 10.1. The molecule has 0 spiro atoms. The largest absolute Gasteiger partial charge is 0.497 e. The van der Waals surface area contributed by atoms with Gasteiger partial charge >= 0.3 is 0 Å². The van der Waals surface area contributed by atoms with E-state index in [4.69, 9.17) is 16.3 Å².